The molecule has 1 fully saturated rings. The maximum atomic E-state index is 12.8. The lowest BCUT2D eigenvalue weighted by Gasteiger charge is -2.14. The number of carbonyl (C=O) groups excluding carboxylic acids is 1. The lowest BCUT2D eigenvalue weighted by molar-refractivity contribution is -0.122. The highest BCUT2D eigenvalue weighted by Gasteiger charge is 2.32. The van der Waals surface area contributed by atoms with Gasteiger partial charge in [0, 0.05) is 4.47 Å². The molecule has 0 bridgehead atoms. The number of ether oxygens (including phenoxy) is 1. The number of hydrogen-bond acceptors (Lipinski definition) is 5. The molecule has 1 amide bonds. The van der Waals surface area contributed by atoms with Gasteiger partial charge in [-0.1, -0.05) is 69.7 Å². The van der Waals surface area contributed by atoms with Crippen LogP contribution in [0.1, 0.15) is 23.6 Å². The molecule has 0 radical (unpaired) electrons. The number of thiocarbonyl (C=S) groups is 1. The van der Waals surface area contributed by atoms with Crippen LogP contribution in [0.3, 0.4) is 0 Å². The van der Waals surface area contributed by atoms with Gasteiger partial charge in [-0.05, 0) is 43.2 Å². The lowest BCUT2D eigenvalue weighted by Crippen LogP contribution is -2.27. The third-order valence-electron chi connectivity index (χ3n) is 4.00. The third kappa shape index (κ3) is 4.54. The average molecular weight is 464 g/mol. The van der Waals surface area contributed by atoms with E-state index in [-0.39, 0.29) is 11.7 Å². The number of phenols is 1. The van der Waals surface area contributed by atoms with Gasteiger partial charge in [0.25, 0.3) is 5.91 Å². The first-order valence-corrected chi connectivity index (χ1v) is 10.4. The summed E-state index contributed by atoms with van der Waals surface area (Å²) in [5.74, 6) is 0.304. The number of thioether (sulfide) groups is 1. The Balaban J connectivity index is 1.86. The van der Waals surface area contributed by atoms with Crippen molar-refractivity contribution in [3.05, 3.63) is 62.5 Å². The first kappa shape index (κ1) is 19.9. The molecule has 0 saturated carbocycles. The normalized spacial score (nSPS) is 15.7. The van der Waals surface area contributed by atoms with E-state index in [0.29, 0.717) is 32.6 Å². The van der Waals surface area contributed by atoms with Crippen LogP contribution >= 0.6 is 39.9 Å². The summed E-state index contributed by atoms with van der Waals surface area (Å²) >= 11 is 10.1. The molecule has 4 nitrogen and oxygen atoms in total. The molecule has 0 unspecified atom stereocenters. The summed E-state index contributed by atoms with van der Waals surface area (Å²) in [4.78, 5) is 15.0. The molecule has 7 heteroatoms. The highest BCUT2D eigenvalue weighted by molar-refractivity contribution is 9.10. The first-order valence-electron chi connectivity index (χ1n) is 8.35. The molecule has 1 N–H and O–H groups in total. The molecule has 2 aromatic carbocycles. The van der Waals surface area contributed by atoms with Crippen LogP contribution in [0.15, 0.2) is 45.8 Å². The van der Waals surface area contributed by atoms with Gasteiger partial charge in [-0.25, -0.2) is 0 Å². The summed E-state index contributed by atoms with van der Waals surface area (Å²) in [6.45, 7) is 4.76. The number of hydrogen-bond donors (Lipinski definition) is 1. The number of halogens is 1. The average Bonchev–Trinajstić information content (AvgIpc) is 2.88. The van der Waals surface area contributed by atoms with Gasteiger partial charge >= 0.3 is 0 Å². The van der Waals surface area contributed by atoms with Crippen LogP contribution in [-0.4, -0.2) is 26.8 Å². The second-order valence-electron chi connectivity index (χ2n) is 6.03. The molecule has 27 heavy (non-hydrogen) atoms. The van der Waals surface area contributed by atoms with Crippen molar-refractivity contribution in [2.45, 2.75) is 20.4 Å². The fraction of sp³-hybridized carbons (Fsp3) is 0.200. The Bertz CT molecular complexity index is 926. The predicted octanol–water partition coefficient (Wildman–Crippen LogP) is 5.26. The van der Waals surface area contributed by atoms with Crippen LogP contribution in [0.2, 0.25) is 0 Å². The minimum atomic E-state index is -0.122. The van der Waals surface area contributed by atoms with E-state index in [2.05, 4.69) is 15.9 Å². The zero-order chi connectivity index (χ0) is 19.6. The number of aromatic hydroxyl groups is 1. The molecule has 1 aliphatic rings. The van der Waals surface area contributed by atoms with Gasteiger partial charge in [0.15, 0.2) is 11.5 Å². The smallest absolute Gasteiger partial charge is 0.266 e. The largest absolute Gasteiger partial charge is 0.504 e. The lowest BCUT2D eigenvalue weighted by atomic mass is 10.1. The van der Waals surface area contributed by atoms with E-state index in [1.54, 1.807) is 23.1 Å². The van der Waals surface area contributed by atoms with Crippen molar-refractivity contribution in [3.8, 4) is 11.5 Å². The molecule has 0 aromatic heterocycles. The molecule has 3 rings (SSSR count). The molecule has 0 spiro atoms. The number of carbonyl (C=O) groups is 1. The number of aryl methyl sites for hydroxylation is 1. The van der Waals surface area contributed by atoms with Crippen molar-refractivity contribution in [1.29, 1.82) is 0 Å². The van der Waals surface area contributed by atoms with E-state index in [9.17, 15) is 9.90 Å². The Hall–Kier alpha value is -1.83. The number of rotatable bonds is 5. The van der Waals surface area contributed by atoms with Gasteiger partial charge in [-0.15, -0.1) is 0 Å². The van der Waals surface area contributed by atoms with Crippen LogP contribution in [0, 0.1) is 6.92 Å². The monoisotopic (exact) mass is 463 g/mol. The first-order chi connectivity index (χ1) is 12.9. The summed E-state index contributed by atoms with van der Waals surface area (Å²) in [5.41, 5.74) is 2.95. The summed E-state index contributed by atoms with van der Waals surface area (Å²) in [5, 5.41) is 9.95. The van der Waals surface area contributed by atoms with Crippen LogP contribution in [0.5, 0.6) is 11.5 Å². The van der Waals surface area contributed by atoms with Gasteiger partial charge in [-0.2, -0.15) is 0 Å². The van der Waals surface area contributed by atoms with Gasteiger partial charge in [-0.3, -0.25) is 9.69 Å². The van der Waals surface area contributed by atoms with Crippen LogP contribution < -0.4 is 4.74 Å². The van der Waals surface area contributed by atoms with Gasteiger partial charge < -0.3 is 9.84 Å². The zero-order valence-electron chi connectivity index (χ0n) is 14.9. The van der Waals surface area contributed by atoms with Crippen LogP contribution in [-0.2, 0) is 11.3 Å². The zero-order valence-corrected chi connectivity index (χ0v) is 18.1. The van der Waals surface area contributed by atoms with Crippen molar-refractivity contribution in [3.63, 3.8) is 0 Å². The van der Waals surface area contributed by atoms with Gasteiger partial charge in [0.2, 0.25) is 0 Å². The van der Waals surface area contributed by atoms with E-state index in [1.807, 2.05) is 38.1 Å². The topological polar surface area (TPSA) is 49.8 Å². The van der Waals surface area contributed by atoms with Crippen molar-refractivity contribution in [2.75, 3.05) is 6.61 Å². The van der Waals surface area contributed by atoms with Crippen molar-refractivity contribution in [1.82, 2.24) is 4.90 Å². The molecular weight excluding hydrogens is 446 g/mol. The van der Waals surface area contributed by atoms with Gasteiger partial charge in [0.05, 0.1) is 18.1 Å². The van der Waals surface area contributed by atoms with E-state index < -0.39 is 0 Å². The maximum absolute atomic E-state index is 12.8. The van der Waals surface area contributed by atoms with E-state index in [1.165, 1.54) is 17.3 Å². The Morgan fingerprint density at radius 1 is 1.30 bits per heavy atom. The fourth-order valence-corrected chi connectivity index (χ4v) is 4.29. The standard InChI is InChI=1S/C20H18BrNO3S2/c1-3-25-17-8-14(15(21)10-16(17)23)9-18-19(24)22(20(26)27-18)11-13-6-4-12(2)5-7-13/h4-10,23H,3,11H2,1-2H3/b18-9-. The molecule has 1 aliphatic heterocycles. The summed E-state index contributed by atoms with van der Waals surface area (Å²) < 4.78 is 6.63. The Morgan fingerprint density at radius 3 is 2.67 bits per heavy atom. The molecule has 0 aliphatic carbocycles. The third-order valence-corrected chi connectivity index (χ3v) is 6.06. The summed E-state index contributed by atoms with van der Waals surface area (Å²) in [6, 6.07) is 11.3. The van der Waals surface area contributed by atoms with E-state index in [0.717, 1.165) is 11.1 Å². The number of benzene rings is 2. The van der Waals surface area contributed by atoms with E-state index in [4.69, 9.17) is 17.0 Å². The molecular formula is C20H18BrNO3S2. The van der Waals surface area contributed by atoms with Crippen molar-refractivity contribution < 1.29 is 14.6 Å². The molecule has 2 aromatic rings. The quantitative estimate of drug-likeness (QED) is 0.483. The van der Waals surface area contributed by atoms with Crippen LogP contribution in [0.25, 0.3) is 6.08 Å². The summed E-state index contributed by atoms with van der Waals surface area (Å²) in [7, 11) is 0. The van der Waals surface area contributed by atoms with Crippen molar-refractivity contribution in [2.24, 2.45) is 0 Å². The Labute approximate surface area is 176 Å². The molecule has 0 atom stereocenters. The van der Waals surface area contributed by atoms with Crippen molar-refractivity contribution >= 4 is 56.2 Å². The molecule has 1 saturated heterocycles. The highest BCUT2D eigenvalue weighted by atomic mass is 79.9. The van der Waals surface area contributed by atoms with Gasteiger partial charge in [0.1, 0.15) is 4.32 Å². The SMILES string of the molecule is CCOc1cc(/C=C2\SC(=S)N(Cc3ccc(C)cc3)C2=O)c(Br)cc1O. The van der Waals surface area contributed by atoms with Crippen LogP contribution in [0.4, 0.5) is 0 Å². The Kier molecular flexibility index (Phi) is 6.24. The number of phenolic OH excluding ortho intramolecular Hbond substituents is 1. The molecule has 140 valence electrons. The minimum absolute atomic E-state index is 0.0489. The summed E-state index contributed by atoms with van der Waals surface area (Å²) in [6.07, 6.45) is 1.76. The highest BCUT2D eigenvalue weighted by Crippen LogP contribution is 2.38. The second-order valence-corrected chi connectivity index (χ2v) is 8.56. The van der Waals surface area contributed by atoms with E-state index >= 15 is 0 Å². The number of amides is 1. The maximum Gasteiger partial charge on any atom is 0.266 e. The molecule has 1 heterocycles. The Morgan fingerprint density at radius 2 is 2.00 bits per heavy atom. The minimum Gasteiger partial charge on any atom is -0.504 e. The predicted molar refractivity (Wildman–Crippen MR) is 117 cm³/mol. The number of nitrogens with zero attached hydrogens (tertiary/aromatic N) is 1. The second kappa shape index (κ2) is 8.46. The fourth-order valence-electron chi connectivity index (χ4n) is 2.59.